The van der Waals surface area contributed by atoms with E-state index in [1.165, 1.54) is 5.57 Å². The van der Waals surface area contributed by atoms with Gasteiger partial charge in [0.25, 0.3) is 0 Å². The Balaban J connectivity index is 1.74. The van der Waals surface area contributed by atoms with Crippen LogP contribution in [0.25, 0.3) is 0 Å². The summed E-state index contributed by atoms with van der Waals surface area (Å²) in [6.45, 7) is 7.43. The average molecular weight is 380 g/mol. The minimum Gasteiger partial charge on any atom is -0.347 e. The van der Waals surface area contributed by atoms with E-state index in [0.717, 1.165) is 25.2 Å². The molecular formula is C18H29N5O2S. The smallest absolute Gasteiger partial charge is 0.224 e. The average Bonchev–Trinajstić information content (AvgIpc) is 2.90. The number of anilines is 1. The monoisotopic (exact) mass is 379 g/mol. The lowest BCUT2D eigenvalue weighted by Crippen LogP contribution is -2.58. The van der Waals surface area contributed by atoms with Gasteiger partial charge in [-0.25, -0.2) is 18.4 Å². The van der Waals surface area contributed by atoms with Gasteiger partial charge in [0.15, 0.2) is 9.84 Å². The second-order valence-electron chi connectivity index (χ2n) is 7.74. The Morgan fingerprint density at radius 2 is 1.73 bits per heavy atom. The summed E-state index contributed by atoms with van der Waals surface area (Å²) in [5.41, 5.74) is 2.29. The molecule has 0 unspecified atom stereocenters. The lowest BCUT2D eigenvalue weighted by Gasteiger charge is -2.43. The van der Waals surface area contributed by atoms with Gasteiger partial charge in [-0.3, -0.25) is 9.80 Å². The van der Waals surface area contributed by atoms with E-state index >= 15 is 0 Å². The molecule has 1 aromatic rings. The molecule has 2 atom stereocenters. The van der Waals surface area contributed by atoms with Gasteiger partial charge in [0.2, 0.25) is 5.95 Å². The minimum absolute atomic E-state index is 0.0489. The van der Waals surface area contributed by atoms with Gasteiger partial charge in [0.05, 0.1) is 11.5 Å². The number of sulfone groups is 1. The molecule has 0 bridgehead atoms. The Kier molecular flexibility index (Phi) is 5.64. The van der Waals surface area contributed by atoms with Gasteiger partial charge in [-0.05, 0) is 13.8 Å². The molecule has 3 heterocycles. The number of nitrogens with zero attached hydrogens (tertiary/aromatic N) is 5. The third kappa shape index (κ3) is 4.42. The summed E-state index contributed by atoms with van der Waals surface area (Å²) < 4.78 is 24.6. The molecule has 0 spiro atoms. The highest BCUT2D eigenvalue weighted by Gasteiger charge is 2.46. The van der Waals surface area contributed by atoms with Crippen molar-refractivity contribution in [3.8, 4) is 0 Å². The van der Waals surface area contributed by atoms with Crippen molar-refractivity contribution in [1.82, 2.24) is 19.8 Å². The Bertz CT molecular complexity index is 756. The van der Waals surface area contributed by atoms with E-state index < -0.39 is 9.84 Å². The van der Waals surface area contributed by atoms with Crippen LogP contribution in [0.3, 0.4) is 0 Å². The van der Waals surface area contributed by atoms with Crippen LogP contribution in [-0.2, 0) is 16.4 Å². The zero-order chi connectivity index (χ0) is 18.9. The summed E-state index contributed by atoms with van der Waals surface area (Å²) in [7, 11) is 0.837. The Hall–Kier alpha value is -1.51. The van der Waals surface area contributed by atoms with Crippen LogP contribution in [0.1, 0.15) is 19.4 Å². The van der Waals surface area contributed by atoms with Crippen molar-refractivity contribution in [2.75, 3.05) is 50.1 Å². The molecule has 1 aromatic heterocycles. The van der Waals surface area contributed by atoms with Gasteiger partial charge in [-0.1, -0.05) is 11.6 Å². The predicted octanol–water partition coefficient (Wildman–Crippen LogP) is 0.792. The van der Waals surface area contributed by atoms with E-state index in [1.54, 1.807) is 0 Å². The van der Waals surface area contributed by atoms with Gasteiger partial charge < -0.3 is 4.90 Å². The molecule has 8 heteroatoms. The van der Waals surface area contributed by atoms with E-state index in [2.05, 4.69) is 39.7 Å². The fourth-order valence-electron chi connectivity index (χ4n) is 3.71. The van der Waals surface area contributed by atoms with Crippen LogP contribution in [0, 0.1) is 0 Å². The van der Waals surface area contributed by atoms with Gasteiger partial charge >= 0.3 is 0 Å². The molecule has 3 rings (SSSR count). The number of hydrogen-bond donors (Lipinski definition) is 0. The maximum atomic E-state index is 12.3. The van der Waals surface area contributed by atoms with Crippen LogP contribution in [0.2, 0.25) is 0 Å². The lowest BCUT2D eigenvalue weighted by molar-refractivity contribution is 0.0476. The van der Waals surface area contributed by atoms with Crippen molar-refractivity contribution in [2.45, 2.75) is 32.5 Å². The quantitative estimate of drug-likeness (QED) is 0.701. The third-order valence-corrected chi connectivity index (χ3v) is 6.82. The predicted molar refractivity (Wildman–Crippen MR) is 104 cm³/mol. The van der Waals surface area contributed by atoms with Crippen molar-refractivity contribution in [2.24, 2.45) is 0 Å². The number of piperazine rings is 1. The van der Waals surface area contributed by atoms with E-state index in [1.807, 2.05) is 31.4 Å². The highest BCUT2D eigenvalue weighted by molar-refractivity contribution is 7.91. The second-order valence-corrected chi connectivity index (χ2v) is 9.90. The summed E-state index contributed by atoms with van der Waals surface area (Å²) in [6, 6.07) is 0.124. The van der Waals surface area contributed by atoms with Gasteiger partial charge in [-0.15, -0.1) is 0 Å². The van der Waals surface area contributed by atoms with Crippen LogP contribution in [-0.4, -0.2) is 85.5 Å². The number of aromatic nitrogens is 2. The van der Waals surface area contributed by atoms with Gasteiger partial charge in [0, 0.05) is 70.3 Å². The molecule has 7 nitrogen and oxygen atoms in total. The topological polar surface area (TPSA) is 69.6 Å². The normalized spacial score (nSPS) is 25.7. The second kappa shape index (κ2) is 7.62. The molecule has 26 heavy (non-hydrogen) atoms. The van der Waals surface area contributed by atoms with Crippen molar-refractivity contribution in [3.05, 3.63) is 29.6 Å². The largest absolute Gasteiger partial charge is 0.347 e. The highest BCUT2D eigenvalue weighted by Crippen LogP contribution is 2.28. The molecule has 0 radical (unpaired) electrons. The molecule has 2 saturated heterocycles. The highest BCUT2D eigenvalue weighted by atomic mass is 32.2. The van der Waals surface area contributed by atoms with E-state index in [-0.39, 0.29) is 23.6 Å². The van der Waals surface area contributed by atoms with Gasteiger partial charge in [-0.2, -0.15) is 0 Å². The first-order valence-corrected chi connectivity index (χ1v) is 10.9. The van der Waals surface area contributed by atoms with Crippen LogP contribution in [0.5, 0.6) is 0 Å². The van der Waals surface area contributed by atoms with Gasteiger partial charge in [0.1, 0.15) is 0 Å². The maximum Gasteiger partial charge on any atom is 0.224 e. The SMILES string of the molecule is CC(C)=CCN1CCN(Cc2cnc(N(C)C)nc2)[C@H]2CS(=O)(=O)C[C@H]21. The lowest BCUT2D eigenvalue weighted by atomic mass is 10.0. The summed E-state index contributed by atoms with van der Waals surface area (Å²) in [5.74, 6) is 1.20. The fourth-order valence-corrected chi connectivity index (χ4v) is 5.76. The van der Waals surface area contributed by atoms with Crippen LogP contribution in [0.4, 0.5) is 5.95 Å². The first-order valence-electron chi connectivity index (χ1n) is 9.05. The molecule has 2 aliphatic rings. The van der Waals surface area contributed by atoms with Crippen LogP contribution >= 0.6 is 0 Å². The standard InChI is InChI=1S/C18H29N5O2S/c1-14(2)5-6-22-7-8-23(17-13-26(24,25)12-16(17)22)11-15-9-19-18(20-10-15)21(3)4/h5,9-10,16-17H,6-8,11-13H2,1-4H3/t16-,17+/m1/s1. The molecule has 144 valence electrons. The Labute approximate surface area is 156 Å². The molecule has 2 aliphatic heterocycles. The zero-order valence-corrected chi connectivity index (χ0v) is 16.9. The zero-order valence-electron chi connectivity index (χ0n) is 16.1. The van der Waals surface area contributed by atoms with E-state index in [4.69, 9.17) is 0 Å². The van der Waals surface area contributed by atoms with Crippen molar-refractivity contribution in [3.63, 3.8) is 0 Å². The molecule has 0 amide bonds. The third-order valence-electron chi connectivity index (χ3n) is 5.12. The minimum atomic E-state index is -2.99. The van der Waals surface area contributed by atoms with Crippen LogP contribution in [0.15, 0.2) is 24.0 Å². The molecule has 0 N–H and O–H groups in total. The van der Waals surface area contributed by atoms with Crippen molar-refractivity contribution < 1.29 is 8.42 Å². The van der Waals surface area contributed by atoms with Crippen molar-refractivity contribution in [1.29, 1.82) is 0 Å². The molecule has 0 aromatic carbocycles. The van der Waals surface area contributed by atoms with E-state index in [0.29, 0.717) is 12.5 Å². The van der Waals surface area contributed by atoms with Crippen LogP contribution < -0.4 is 4.90 Å². The molecule has 0 aliphatic carbocycles. The summed E-state index contributed by atoms with van der Waals surface area (Å²) in [6.07, 6.45) is 5.87. The Morgan fingerprint density at radius 1 is 1.15 bits per heavy atom. The fraction of sp³-hybridized carbons (Fsp3) is 0.667. The summed E-state index contributed by atoms with van der Waals surface area (Å²) in [4.78, 5) is 15.2. The maximum absolute atomic E-state index is 12.3. The Morgan fingerprint density at radius 3 is 2.31 bits per heavy atom. The number of allylic oxidation sites excluding steroid dienone is 1. The first kappa shape index (κ1) is 19.3. The van der Waals surface area contributed by atoms with Crippen molar-refractivity contribution >= 4 is 15.8 Å². The number of hydrogen-bond acceptors (Lipinski definition) is 7. The molecule has 0 saturated carbocycles. The first-order chi connectivity index (χ1) is 12.2. The number of fused-ring (bicyclic) bond motifs is 1. The summed E-state index contributed by atoms with van der Waals surface area (Å²) in [5, 5.41) is 0. The number of rotatable bonds is 5. The van der Waals surface area contributed by atoms with E-state index in [9.17, 15) is 8.42 Å². The summed E-state index contributed by atoms with van der Waals surface area (Å²) >= 11 is 0. The molecule has 2 fully saturated rings. The molecular weight excluding hydrogens is 350 g/mol.